The van der Waals surface area contributed by atoms with Crippen LogP contribution in [0.15, 0.2) is 47.3 Å². The van der Waals surface area contributed by atoms with Gasteiger partial charge in [-0.05, 0) is 35.7 Å². The first-order chi connectivity index (χ1) is 16.0. The molecule has 0 fully saturated rings. The molecule has 2 aromatic carbocycles. The van der Waals surface area contributed by atoms with Crippen molar-refractivity contribution in [3.63, 3.8) is 0 Å². The quantitative estimate of drug-likeness (QED) is 0.459. The zero-order chi connectivity index (χ0) is 25.0. The van der Waals surface area contributed by atoms with Crippen LogP contribution in [0.3, 0.4) is 0 Å². The molecular formula is C23H27ClN4O5S. The molecule has 3 aromatic rings. The maximum atomic E-state index is 13.5. The van der Waals surface area contributed by atoms with Gasteiger partial charge in [0.1, 0.15) is 5.82 Å². The van der Waals surface area contributed by atoms with Gasteiger partial charge in [-0.1, -0.05) is 43.6 Å². The van der Waals surface area contributed by atoms with Gasteiger partial charge in [-0.2, -0.15) is 4.31 Å². The highest BCUT2D eigenvalue weighted by Crippen LogP contribution is 2.21. The lowest BCUT2D eigenvalue weighted by Crippen LogP contribution is -2.33. The maximum Gasteiger partial charge on any atom is 0.404 e. The Morgan fingerprint density at radius 2 is 1.94 bits per heavy atom. The molecule has 0 unspecified atom stereocenters. The van der Waals surface area contributed by atoms with Gasteiger partial charge in [-0.15, -0.1) is 0 Å². The molecule has 0 aliphatic carbocycles. The van der Waals surface area contributed by atoms with E-state index in [0.29, 0.717) is 29.1 Å². The number of fused-ring (bicyclic) bond motifs is 1. The molecule has 0 bridgehead atoms. The molecule has 0 spiro atoms. The lowest BCUT2D eigenvalue weighted by molar-refractivity contribution is 0.194. The van der Waals surface area contributed by atoms with E-state index in [-0.39, 0.29) is 41.4 Å². The van der Waals surface area contributed by atoms with Crippen molar-refractivity contribution in [1.29, 1.82) is 0 Å². The van der Waals surface area contributed by atoms with Crippen molar-refractivity contribution in [1.82, 2.24) is 19.2 Å². The summed E-state index contributed by atoms with van der Waals surface area (Å²) in [4.78, 5) is 29.0. The first-order valence-electron chi connectivity index (χ1n) is 10.7. The number of nitrogens with one attached hydrogen (secondary N) is 1. The Morgan fingerprint density at radius 3 is 2.59 bits per heavy atom. The van der Waals surface area contributed by atoms with E-state index in [1.165, 1.54) is 15.1 Å². The summed E-state index contributed by atoms with van der Waals surface area (Å²) in [6.45, 7) is 4.45. The Balaban J connectivity index is 2.11. The molecule has 1 amide bonds. The standard InChI is InChI=1S/C23H27ClN4O5S/c1-15(2)13-27(34(3,32)33)14-16-6-4-7-17(12-16)28-20(10-11-25-23(30)31)26-19-9-5-8-18(24)21(19)22(28)29/h4-9,12,15,25H,10-11,13-14H2,1-3H3,(H,30,31). The SMILES string of the molecule is CC(C)CN(Cc1cccc(-n2c(CCNC(=O)O)nc3cccc(Cl)c3c2=O)c1)S(C)(=O)=O. The van der Waals surface area contributed by atoms with Crippen LogP contribution < -0.4 is 10.9 Å². The van der Waals surface area contributed by atoms with E-state index >= 15 is 0 Å². The Labute approximate surface area is 203 Å². The van der Waals surface area contributed by atoms with Gasteiger partial charge in [0.25, 0.3) is 5.56 Å². The number of rotatable bonds is 9. The molecule has 0 atom stereocenters. The minimum Gasteiger partial charge on any atom is -0.465 e. The minimum absolute atomic E-state index is 0.0593. The number of carbonyl (C=O) groups is 1. The molecule has 0 aliphatic heterocycles. The van der Waals surface area contributed by atoms with Gasteiger partial charge in [0.15, 0.2) is 0 Å². The molecular weight excluding hydrogens is 480 g/mol. The third kappa shape index (κ3) is 6.13. The van der Waals surface area contributed by atoms with Crippen LogP contribution in [0, 0.1) is 5.92 Å². The van der Waals surface area contributed by atoms with Crippen LogP contribution in [0.4, 0.5) is 4.79 Å². The Hall–Kier alpha value is -2.95. The van der Waals surface area contributed by atoms with Gasteiger partial charge in [0, 0.05) is 26.1 Å². The molecule has 2 N–H and O–H groups in total. The normalized spacial score (nSPS) is 11.9. The fourth-order valence-corrected chi connectivity index (χ4v) is 4.88. The first kappa shape index (κ1) is 25.7. The van der Waals surface area contributed by atoms with E-state index in [1.807, 2.05) is 13.8 Å². The lowest BCUT2D eigenvalue weighted by Gasteiger charge is -2.22. The average Bonchev–Trinajstić information content (AvgIpc) is 2.72. The van der Waals surface area contributed by atoms with Crippen molar-refractivity contribution < 1.29 is 18.3 Å². The highest BCUT2D eigenvalue weighted by molar-refractivity contribution is 7.88. The van der Waals surface area contributed by atoms with Crippen LogP contribution in [0.5, 0.6) is 0 Å². The number of sulfonamides is 1. The molecule has 34 heavy (non-hydrogen) atoms. The fraction of sp³-hybridized carbons (Fsp3) is 0.348. The molecule has 0 aliphatic rings. The van der Waals surface area contributed by atoms with Crippen molar-refractivity contribution in [2.24, 2.45) is 5.92 Å². The minimum atomic E-state index is -3.44. The Bertz CT molecular complexity index is 1370. The molecule has 0 saturated heterocycles. The third-order valence-electron chi connectivity index (χ3n) is 5.11. The number of carboxylic acid groups (broad SMARTS) is 1. The highest BCUT2D eigenvalue weighted by Gasteiger charge is 2.20. The molecule has 182 valence electrons. The van der Waals surface area contributed by atoms with E-state index in [0.717, 1.165) is 0 Å². The number of halogens is 1. The predicted octanol–water partition coefficient (Wildman–Crippen LogP) is 3.27. The van der Waals surface area contributed by atoms with Crippen LogP contribution in [0.2, 0.25) is 5.02 Å². The topological polar surface area (TPSA) is 122 Å². The predicted molar refractivity (Wildman–Crippen MR) is 132 cm³/mol. The second-order valence-corrected chi connectivity index (χ2v) is 10.8. The van der Waals surface area contributed by atoms with Crippen molar-refractivity contribution in [2.45, 2.75) is 26.8 Å². The molecule has 0 saturated carbocycles. The van der Waals surface area contributed by atoms with E-state index in [1.54, 1.807) is 42.5 Å². The Kier molecular flexibility index (Phi) is 7.96. The summed E-state index contributed by atoms with van der Waals surface area (Å²) >= 11 is 6.30. The summed E-state index contributed by atoms with van der Waals surface area (Å²) in [7, 11) is -3.44. The van der Waals surface area contributed by atoms with Crippen LogP contribution in [0.1, 0.15) is 25.2 Å². The average molecular weight is 507 g/mol. The smallest absolute Gasteiger partial charge is 0.404 e. The second-order valence-electron chi connectivity index (χ2n) is 8.40. The number of amides is 1. The summed E-state index contributed by atoms with van der Waals surface area (Å²) in [6.07, 6.45) is 0.162. The zero-order valence-electron chi connectivity index (χ0n) is 19.2. The highest BCUT2D eigenvalue weighted by atomic mass is 35.5. The Morgan fingerprint density at radius 1 is 1.24 bits per heavy atom. The third-order valence-corrected chi connectivity index (χ3v) is 6.64. The van der Waals surface area contributed by atoms with E-state index in [4.69, 9.17) is 16.7 Å². The summed E-state index contributed by atoms with van der Waals surface area (Å²) in [5.74, 6) is 0.494. The number of hydrogen-bond donors (Lipinski definition) is 2. The first-order valence-corrected chi connectivity index (χ1v) is 12.9. The number of hydrogen-bond acceptors (Lipinski definition) is 5. The maximum absolute atomic E-state index is 13.5. The second kappa shape index (κ2) is 10.5. The lowest BCUT2D eigenvalue weighted by atomic mass is 10.1. The van der Waals surface area contributed by atoms with Crippen LogP contribution in [0.25, 0.3) is 16.6 Å². The fourth-order valence-electron chi connectivity index (χ4n) is 3.67. The van der Waals surface area contributed by atoms with Gasteiger partial charge < -0.3 is 10.4 Å². The van der Waals surface area contributed by atoms with E-state index < -0.39 is 16.1 Å². The molecule has 11 heteroatoms. The number of aromatic nitrogens is 2. The van der Waals surface area contributed by atoms with Crippen molar-refractivity contribution in [3.8, 4) is 5.69 Å². The van der Waals surface area contributed by atoms with Gasteiger partial charge in [0.2, 0.25) is 10.0 Å². The zero-order valence-corrected chi connectivity index (χ0v) is 20.7. The summed E-state index contributed by atoms with van der Waals surface area (Å²) in [5, 5.41) is 11.7. The van der Waals surface area contributed by atoms with E-state index in [9.17, 15) is 18.0 Å². The molecule has 3 rings (SSSR count). The van der Waals surface area contributed by atoms with Gasteiger partial charge in [-0.25, -0.2) is 18.2 Å². The van der Waals surface area contributed by atoms with Crippen LogP contribution in [-0.4, -0.2) is 52.8 Å². The summed E-state index contributed by atoms with van der Waals surface area (Å²) in [6, 6.07) is 12.0. The number of nitrogens with zero attached hydrogens (tertiary/aromatic N) is 3. The number of benzene rings is 2. The van der Waals surface area contributed by atoms with Crippen molar-refractivity contribution in [3.05, 3.63) is 69.2 Å². The monoisotopic (exact) mass is 506 g/mol. The molecule has 1 heterocycles. The van der Waals surface area contributed by atoms with Crippen molar-refractivity contribution >= 4 is 38.6 Å². The van der Waals surface area contributed by atoms with Gasteiger partial charge in [-0.3, -0.25) is 9.36 Å². The van der Waals surface area contributed by atoms with Gasteiger partial charge >= 0.3 is 6.09 Å². The van der Waals surface area contributed by atoms with Gasteiger partial charge in [0.05, 0.1) is 27.9 Å². The molecule has 1 aromatic heterocycles. The summed E-state index contributed by atoms with van der Waals surface area (Å²) in [5.41, 5.74) is 1.21. The van der Waals surface area contributed by atoms with Crippen LogP contribution in [-0.2, 0) is 23.0 Å². The van der Waals surface area contributed by atoms with Crippen molar-refractivity contribution in [2.75, 3.05) is 19.3 Å². The molecule has 0 radical (unpaired) electrons. The van der Waals surface area contributed by atoms with E-state index in [2.05, 4.69) is 10.3 Å². The molecule has 9 nitrogen and oxygen atoms in total. The largest absolute Gasteiger partial charge is 0.465 e. The van der Waals surface area contributed by atoms with Crippen LogP contribution >= 0.6 is 11.6 Å². The summed E-state index contributed by atoms with van der Waals surface area (Å²) < 4.78 is 27.4.